The monoisotopic (exact) mass is 373 g/mol. The summed E-state index contributed by atoms with van der Waals surface area (Å²) in [6, 6.07) is 6.65. The summed E-state index contributed by atoms with van der Waals surface area (Å²) in [7, 11) is 0. The molecule has 1 amide bonds. The second kappa shape index (κ2) is 6.13. The van der Waals surface area contributed by atoms with Crippen molar-refractivity contribution in [3.63, 3.8) is 0 Å². The first-order chi connectivity index (χ1) is 9.10. The van der Waals surface area contributed by atoms with Gasteiger partial charge in [0, 0.05) is 9.26 Å². The Kier molecular flexibility index (Phi) is 4.51. The summed E-state index contributed by atoms with van der Waals surface area (Å²) >= 11 is 2.15. The van der Waals surface area contributed by atoms with E-state index in [9.17, 15) is 4.79 Å². The lowest BCUT2D eigenvalue weighted by molar-refractivity contribution is 0.102. The molecule has 1 aromatic carbocycles. The molecule has 0 radical (unpaired) electrons. The Bertz CT molecular complexity index is 585. The number of benzene rings is 1. The molecule has 1 unspecified atom stereocenters. The first-order valence-electron chi connectivity index (χ1n) is 5.49. The van der Waals surface area contributed by atoms with Gasteiger partial charge in [0.2, 0.25) is 5.89 Å². The van der Waals surface area contributed by atoms with Crippen LogP contribution in [0.25, 0.3) is 0 Å². The Labute approximate surface area is 123 Å². The summed E-state index contributed by atoms with van der Waals surface area (Å²) in [5.41, 5.74) is 6.34. The number of nitrogens with zero attached hydrogens (tertiary/aromatic N) is 1. The summed E-state index contributed by atoms with van der Waals surface area (Å²) in [5.74, 6) is -0.252. The van der Waals surface area contributed by atoms with Gasteiger partial charge in [0.05, 0.1) is 6.61 Å². The van der Waals surface area contributed by atoms with Crippen molar-refractivity contribution in [3.05, 3.63) is 45.7 Å². The molecule has 0 spiro atoms. The Balaban J connectivity index is 2.10. The zero-order valence-corrected chi connectivity index (χ0v) is 12.0. The average Bonchev–Trinajstić information content (AvgIpc) is 2.87. The number of aliphatic hydroxyl groups is 1. The molecule has 1 heterocycles. The van der Waals surface area contributed by atoms with Crippen molar-refractivity contribution in [2.45, 2.75) is 6.04 Å². The molecule has 7 heteroatoms. The molecule has 0 aliphatic carbocycles. The highest BCUT2D eigenvalue weighted by atomic mass is 127. The first-order valence-corrected chi connectivity index (χ1v) is 6.57. The molecule has 0 saturated heterocycles. The van der Waals surface area contributed by atoms with Gasteiger partial charge in [-0.1, -0.05) is 6.07 Å². The second-order valence-corrected chi connectivity index (χ2v) is 5.07. The highest BCUT2D eigenvalue weighted by molar-refractivity contribution is 14.1. The number of halogens is 1. The number of rotatable bonds is 4. The van der Waals surface area contributed by atoms with E-state index in [-0.39, 0.29) is 24.1 Å². The highest BCUT2D eigenvalue weighted by Gasteiger charge is 2.16. The van der Waals surface area contributed by atoms with E-state index in [1.54, 1.807) is 6.07 Å². The maximum absolute atomic E-state index is 11.9. The van der Waals surface area contributed by atoms with Crippen LogP contribution in [0.2, 0.25) is 0 Å². The number of nitrogens with two attached hydrogens (primary N) is 1. The van der Waals surface area contributed by atoms with Crippen molar-refractivity contribution >= 4 is 34.2 Å². The third kappa shape index (κ3) is 3.52. The minimum absolute atomic E-state index is 0.123. The predicted octanol–water partition coefficient (Wildman–Crippen LogP) is 1.52. The van der Waals surface area contributed by atoms with Gasteiger partial charge in [-0.25, -0.2) is 4.98 Å². The molecule has 4 N–H and O–H groups in total. The number of carbonyl (C=O) groups excluding carboxylic acids is 1. The number of amides is 1. The van der Waals surface area contributed by atoms with Crippen molar-refractivity contribution in [1.29, 1.82) is 0 Å². The molecule has 2 rings (SSSR count). The zero-order chi connectivity index (χ0) is 13.8. The van der Waals surface area contributed by atoms with Crippen LogP contribution in [0.1, 0.15) is 22.4 Å². The fourth-order valence-electron chi connectivity index (χ4n) is 1.40. The summed E-state index contributed by atoms with van der Waals surface area (Å²) in [6.07, 6.45) is 1.22. The van der Waals surface area contributed by atoms with Crippen molar-refractivity contribution < 1.29 is 14.3 Å². The number of hydrogen-bond acceptors (Lipinski definition) is 5. The molecule has 0 aliphatic heterocycles. The summed E-state index contributed by atoms with van der Waals surface area (Å²) in [5, 5.41) is 11.6. The number of carbonyl (C=O) groups is 1. The molecule has 19 heavy (non-hydrogen) atoms. The molecule has 0 fully saturated rings. The van der Waals surface area contributed by atoms with Crippen LogP contribution in [0.5, 0.6) is 0 Å². The van der Waals surface area contributed by atoms with Crippen LogP contribution in [0.15, 0.2) is 34.9 Å². The predicted molar refractivity (Wildman–Crippen MR) is 77.6 cm³/mol. The SMILES string of the molecule is NC(CO)c1nc(C(=O)Nc2cccc(I)c2)co1. The fraction of sp³-hybridized carbons (Fsp3) is 0.167. The number of oxazole rings is 1. The van der Waals surface area contributed by atoms with E-state index in [2.05, 4.69) is 32.9 Å². The van der Waals surface area contributed by atoms with E-state index < -0.39 is 6.04 Å². The van der Waals surface area contributed by atoms with Crippen LogP contribution >= 0.6 is 22.6 Å². The summed E-state index contributed by atoms with van der Waals surface area (Å²) in [4.78, 5) is 15.8. The van der Waals surface area contributed by atoms with E-state index in [1.165, 1.54) is 6.26 Å². The first kappa shape index (κ1) is 14.0. The van der Waals surface area contributed by atoms with Crippen molar-refractivity contribution in [2.24, 2.45) is 5.73 Å². The van der Waals surface area contributed by atoms with Gasteiger partial charge in [-0.2, -0.15) is 0 Å². The minimum Gasteiger partial charge on any atom is -0.446 e. The van der Waals surface area contributed by atoms with E-state index in [0.717, 1.165) is 3.57 Å². The quantitative estimate of drug-likeness (QED) is 0.706. The van der Waals surface area contributed by atoms with Crippen molar-refractivity contribution in [1.82, 2.24) is 4.98 Å². The molecular weight excluding hydrogens is 361 g/mol. The Hall–Kier alpha value is -1.45. The van der Waals surface area contributed by atoms with Gasteiger partial charge < -0.3 is 20.6 Å². The molecule has 0 bridgehead atoms. The molecule has 0 saturated carbocycles. The van der Waals surface area contributed by atoms with Gasteiger partial charge in [-0.3, -0.25) is 4.79 Å². The lowest BCUT2D eigenvalue weighted by atomic mass is 10.3. The maximum atomic E-state index is 11.9. The third-order valence-electron chi connectivity index (χ3n) is 2.35. The van der Waals surface area contributed by atoms with Gasteiger partial charge in [0.15, 0.2) is 5.69 Å². The van der Waals surface area contributed by atoms with Crippen LogP contribution in [0.3, 0.4) is 0 Å². The number of aromatic nitrogens is 1. The number of aliphatic hydroxyl groups excluding tert-OH is 1. The van der Waals surface area contributed by atoms with E-state index >= 15 is 0 Å². The normalized spacial score (nSPS) is 12.2. The number of nitrogens with one attached hydrogen (secondary N) is 1. The van der Waals surface area contributed by atoms with Gasteiger partial charge in [-0.15, -0.1) is 0 Å². The Morgan fingerprint density at radius 1 is 1.58 bits per heavy atom. The fourth-order valence-corrected chi connectivity index (χ4v) is 1.94. The Morgan fingerprint density at radius 2 is 2.37 bits per heavy atom. The lowest BCUT2D eigenvalue weighted by Gasteiger charge is -2.03. The third-order valence-corrected chi connectivity index (χ3v) is 3.02. The molecule has 100 valence electrons. The number of anilines is 1. The van der Waals surface area contributed by atoms with E-state index in [4.69, 9.17) is 15.3 Å². The highest BCUT2D eigenvalue weighted by Crippen LogP contribution is 2.14. The minimum atomic E-state index is -0.723. The van der Waals surface area contributed by atoms with Crippen molar-refractivity contribution in [2.75, 3.05) is 11.9 Å². The molecular formula is C12H12IN3O3. The van der Waals surface area contributed by atoms with E-state index in [1.807, 2.05) is 18.2 Å². The smallest absolute Gasteiger partial charge is 0.277 e. The van der Waals surface area contributed by atoms with Gasteiger partial charge in [0.1, 0.15) is 12.3 Å². The Morgan fingerprint density at radius 3 is 3.05 bits per heavy atom. The summed E-state index contributed by atoms with van der Waals surface area (Å²) in [6.45, 7) is -0.293. The molecule has 1 aromatic heterocycles. The largest absolute Gasteiger partial charge is 0.446 e. The van der Waals surface area contributed by atoms with Gasteiger partial charge in [-0.05, 0) is 40.8 Å². The molecule has 1 atom stereocenters. The van der Waals surface area contributed by atoms with Crippen LogP contribution in [-0.2, 0) is 0 Å². The molecule has 6 nitrogen and oxygen atoms in total. The molecule has 2 aromatic rings. The van der Waals surface area contributed by atoms with Gasteiger partial charge in [0.25, 0.3) is 5.91 Å². The van der Waals surface area contributed by atoms with Crippen molar-refractivity contribution in [3.8, 4) is 0 Å². The number of hydrogen-bond donors (Lipinski definition) is 3. The van der Waals surface area contributed by atoms with Crippen LogP contribution in [0, 0.1) is 3.57 Å². The van der Waals surface area contributed by atoms with E-state index in [0.29, 0.717) is 5.69 Å². The second-order valence-electron chi connectivity index (χ2n) is 3.82. The maximum Gasteiger partial charge on any atom is 0.277 e. The summed E-state index contributed by atoms with van der Waals surface area (Å²) < 4.78 is 6.05. The van der Waals surface area contributed by atoms with Crippen LogP contribution in [0.4, 0.5) is 5.69 Å². The van der Waals surface area contributed by atoms with Gasteiger partial charge >= 0.3 is 0 Å². The zero-order valence-electron chi connectivity index (χ0n) is 9.84. The van der Waals surface area contributed by atoms with Crippen LogP contribution in [-0.4, -0.2) is 22.6 Å². The topological polar surface area (TPSA) is 101 Å². The average molecular weight is 373 g/mol. The standard InChI is InChI=1S/C12H12IN3O3/c13-7-2-1-3-8(4-7)15-11(18)10-6-19-12(16-10)9(14)5-17/h1-4,6,9,17H,5,14H2,(H,15,18). The van der Waals surface area contributed by atoms with Crippen LogP contribution < -0.4 is 11.1 Å². The lowest BCUT2D eigenvalue weighted by Crippen LogP contribution is -2.16. The molecule has 0 aliphatic rings.